The van der Waals surface area contributed by atoms with E-state index in [1.807, 2.05) is 0 Å². The first-order valence-corrected chi connectivity index (χ1v) is 9.21. The number of carbonyl (C=O) groups is 1. The van der Waals surface area contributed by atoms with E-state index in [9.17, 15) is 13.6 Å². The number of halogens is 3. The molecule has 1 N–H and O–H groups in total. The molecule has 0 bridgehead atoms. The standard InChI is InChI=1S/C19H14ClF2N3O4/c20-16-4-2-11-12(8-23-17(11)24-16)18(26)25-5-6-27-9-13(25)10-1-3-14-15(7-10)29-19(21,22)28-14/h1-4,7-8,13H,5-6,9H2,(H,23,24)/t13-/m1/s1. The molecule has 5 rings (SSSR count). The first-order valence-electron chi connectivity index (χ1n) is 8.83. The van der Waals surface area contributed by atoms with E-state index in [0.29, 0.717) is 40.5 Å². The second-order valence-corrected chi connectivity index (χ2v) is 7.08. The third-order valence-electron chi connectivity index (χ3n) is 4.93. The van der Waals surface area contributed by atoms with Crippen LogP contribution in [-0.4, -0.2) is 46.8 Å². The predicted octanol–water partition coefficient (Wildman–Crippen LogP) is 3.75. The Morgan fingerprint density at radius 3 is 2.93 bits per heavy atom. The van der Waals surface area contributed by atoms with Crippen molar-refractivity contribution in [3.63, 3.8) is 0 Å². The average Bonchev–Trinajstić information content (AvgIpc) is 3.25. The van der Waals surface area contributed by atoms with Gasteiger partial charge in [0.25, 0.3) is 5.91 Å². The summed E-state index contributed by atoms with van der Waals surface area (Å²) in [5.74, 6) is -0.346. The average molecular weight is 422 g/mol. The number of rotatable bonds is 2. The van der Waals surface area contributed by atoms with Gasteiger partial charge in [0, 0.05) is 18.1 Å². The lowest BCUT2D eigenvalue weighted by Crippen LogP contribution is -2.43. The zero-order chi connectivity index (χ0) is 20.2. The number of carbonyl (C=O) groups excluding carboxylic acids is 1. The Labute approximate surface area is 168 Å². The summed E-state index contributed by atoms with van der Waals surface area (Å²) in [5.41, 5.74) is 1.57. The summed E-state index contributed by atoms with van der Waals surface area (Å²) in [4.78, 5) is 22.1. The second kappa shape index (κ2) is 6.57. The maximum Gasteiger partial charge on any atom is 0.586 e. The van der Waals surface area contributed by atoms with Crippen LogP contribution in [0.2, 0.25) is 5.15 Å². The molecule has 150 valence electrons. The summed E-state index contributed by atoms with van der Waals surface area (Å²) in [6.45, 7) is 0.952. The number of hydrogen-bond donors (Lipinski definition) is 1. The van der Waals surface area contributed by atoms with Crippen molar-refractivity contribution in [1.29, 1.82) is 0 Å². The summed E-state index contributed by atoms with van der Waals surface area (Å²) in [7, 11) is 0. The van der Waals surface area contributed by atoms with E-state index in [2.05, 4.69) is 19.4 Å². The van der Waals surface area contributed by atoms with Crippen molar-refractivity contribution in [2.24, 2.45) is 0 Å². The van der Waals surface area contributed by atoms with Gasteiger partial charge in [-0.1, -0.05) is 17.7 Å². The highest BCUT2D eigenvalue weighted by Crippen LogP contribution is 2.43. The van der Waals surface area contributed by atoms with Crippen LogP contribution < -0.4 is 9.47 Å². The maximum atomic E-state index is 13.3. The molecule has 1 atom stereocenters. The lowest BCUT2D eigenvalue weighted by molar-refractivity contribution is -0.286. The Morgan fingerprint density at radius 1 is 1.24 bits per heavy atom. The fourth-order valence-corrected chi connectivity index (χ4v) is 3.76. The number of benzene rings is 1. The molecule has 10 heteroatoms. The van der Waals surface area contributed by atoms with Crippen LogP contribution in [0.4, 0.5) is 8.78 Å². The lowest BCUT2D eigenvalue weighted by Gasteiger charge is -2.36. The number of morpholine rings is 1. The maximum absolute atomic E-state index is 13.3. The number of fused-ring (bicyclic) bond motifs is 2. The van der Waals surface area contributed by atoms with Crippen LogP contribution in [-0.2, 0) is 4.74 Å². The van der Waals surface area contributed by atoms with Crippen LogP contribution in [0.3, 0.4) is 0 Å². The molecule has 7 nitrogen and oxygen atoms in total. The quantitative estimate of drug-likeness (QED) is 0.638. The summed E-state index contributed by atoms with van der Waals surface area (Å²) in [5, 5.41) is 0.967. The molecule has 4 heterocycles. The molecular formula is C19H14ClF2N3O4. The summed E-state index contributed by atoms with van der Waals surface area (Å²) < 4.78 is 41.2. The smallest absolute Gasteiger partial charge is 0.395 e. The van der Waals surface area contributed by atoms with Gasteiger partial charge in [-0.05, 0) is 29.8 Å². The van der Waals surface area contributed by atoms with Crippen molar-refractivity contribution in [3.05, 3.63) is 52.8 Å². The zero-order valence-electron chi connectivity index (χ0n) is 14.8. The molecule has 0 radical (unpaired) electrons. The first kappa shape index (κ1) is 18.1. The van der Waals surface area contributed by atoms with Gasteiger partial charge in [-0.25, -0.2) is 4.98 Å². The van der Waals surface area contributed by atoms with Crippen molar-refractivity contribution >= 4 is 28.5 Å². The van der Waals surface area contributed by atoms with Gasteiger partial charge in [-0.3, -0.25) is 4.79 Å². The molecule has 0 spiro atoms. The first-order chi connectivity index (χ1) is 13.9. The van der Waals surface area contributed by atoms with Crippen molar-refractivity contribution in [3.8, 4) is 11.5 Å². The third-order valence-corrected chi connectivity index (χ3v) is 5.14. The molecule has 1 saturated heterocycles. The third kappa shape index (κ3) is 3.16. The molecule has 29 heavy (non-hydrogen) atoms. The van der Waals surface area contributed by atoms with E-state index < -0.39 is 12.3 Å². The highest BCUT2D eigenvalue weighted by Gasteiger charge is 2.44. The number of pyridine rings is 1. The second-order valence-electron chi connectivity index (χ2n) is 6.70. The van der Waals surface area contributed by atoms with Crippen LogP contribution in [0.5, 0.6) is 11.5 Å². The number of ether oxygens (including phenoxy) is 3. The number of nitrogens with one attached hydrogen (secondary N) is 1. The summed E-state index contributed by atoms with van der Waals surface area (Å²) in [6, 6.07) is 7.35. The number of hydrogen-bond acceptors (Lipinski definition) is 5. The summed E-state index contributed by atoms with van der Waals surface area (Å²) >= 11 is 5.91. The van der Waals surface area contributed by atoms with Gasteiger partial charge in [0.2, 0.25) is 0 Å². The highest BCUT2D eigenvalue weighted by atomic mass is 35.5. The molecule has 2 aromatic heterocycles. The fraction of sp³-hybridized carbons (Fsp3) is 0.263. The van der Waals surface area contributed by atoms with Crippen LogP contribution in [0.15, 0.2) is 36.5 Å². The Morgan fingerprint density at radius 2 is 2.07 bits per heavy atom. The van der Waals surface area contributed by atoms with Crippen molar-refractivity contribution < 1.29 is 27.8 Å². The molecule has 1 fully saturated rings. The van der Waals surface area contributed by atoms with E-state index >= 15 is 0 Å². The minimum absolute atomic E-state index is 0.0482. The van der Waals surface area contributed by atoms with Crippen LogP contribution in [0, 0.1) is 0 Å². The molecule has 3 aromatic rings. The largest absolute Gasteiger partial charge is 0.586 e. The van der Waals surface area contributed by atoms with E-state index in [-0.39, 0.29) is 24.0 Å². The number of H-pyrrole nitrogens is 1. The molecule has 2 aliphatic rings. The molecule has 0 saturated carbocycles. The van der Waals surface area contributed by atoms with Gasteiger partial charge < -0.3 is 24.1 Å². The van der Waals surface area contributed by atoms with Gasteiger partial charge >= 0.3 is 6.29 Å². The monoisotopic (exact) mass is 421 g/mol. The van der Waals surface area contributed by atoms with Crippen LogP contribution >= 0.6 is 11.6 Å². The molecular weight excluding hydrogens is 408 g/mol. The highest BCUT2D eigenvalue weighted by molar-refractivity contribution is 6.29. The van der Waals surface area contributed by atoms with Crippen molar-refractivity contribution in [2.75, 3.05) is 19.8 Å². The van der Waals surface area contributed by atoms with Gasteiger partial charge in [-0.2, -0.15) is 0 Å². The van der Waals surface area contributed by atoms with E-state index in [1.54, 1.807) is 29.3 Å². The lowest BCUT2D eigenvalue weighted by atomic mass is 10.0. The Kier molecular flexibility index (Phi) is 4.11. The number of nitrogens with zero attached hydrogens (tertiary/aromatic N) is 2. The topological polar surface area (TPSA) is 76.7 Å². The normalized spacial score (nSPS) is 20.2. The fourth-order valence-electron chi connectivity index (χ4n) is 3.61. The van der Waals surface area contributed by atoms with Gasteiger partial charge in [-0.15, -0.1) is 8.78 Å². The van der Waals surface area contributed by atoms with Crippen LogP contribution in [0.1, 0.15) is 22.0 Å². The minimum atomic E-state index is -3.70. The number of amides is 1. The number of aromatic amines is 1. The van der Waals surface area contributed by atoms with Gasteiger partial charge in [0.1, 0.15) is 10.8 Å². The molecule has 0 aliphatic carbocycles. The molecule has 0 unspecified atom stereocenters. The zero-order valence-corrected chi connectivity index (χ0v) is 15.6. The Hall–Kier alpha value is -2.91. The minimum Gasteiger partial charge on any atom is -0.395 e. The number of alkyl halides is 2. The number of aromatic nitrogens is 2. The van der Waals surface area contributed by atoms with E-state index in [4.69, 9.17) is 16.3 Å². The van der Waals surface area contributed by atoms with Gasteiger partial charge in [0.15, 0.2) is 11.5 Å². The Bertz CT molecular complexity index is 1120. The summed E-state index contributed by atoms with van der Waals surface area (Å²) in [6.07, 6.45) is -2.11. The SMILES string of the molecule is O=C(c1c[nH]c2nc(Cl)ccc12)N1CCOC[C@@H]1c1ccc2c(c1)OC(F)(F)O2. The Balaban J connectivity index is 1.48. The van der Waals surface area contributed by atoms with Crippen LogP contribution in [0.25, 0.3) is 11.0 Å². The predicted molar refractivity (Wildman–Crippen MR) is 98.3 cm³/mol. The van der Waals surface area contributed by atoms with Crippen molar-refractivity contribution in [1.82, 2.24) is 14.9 Å². The molecule has 2 aliphatic heterocycles. The molecule has 1 aromatic carbocycles. The molecule has 1 amide bonds. The van der Waals surface area contributed by atoms with Crippen molar-refractivity contribution in [2.45, 2.75) is 12.3 Å². The van der Waals surface area contributed by atoms with E-state index in [1.165, 1.54) is 12.1 Å². The van der Waals surface area contributed by atoms with Gasteiger partial charge in [0.05, 0.1) is 24.8 Å². The van der Waals surface area contributed by atoms with E-state index in [0.717, 1.165) is 0 Å².